The fourth-order valence-corrected chi connectivity index (χ4v) is 1.96. The van der Waals surface area contributed by atoms with Gasteiger partial charge in [-0.15, -0.1) is 0 Å². The number of halogens is 4. The van der Waals surface area contributed by atoms with Crippen LogP contribution in [0.5, 0.6) is 0 Å². The minimum atomic E-state index is -4.73. The summed E-state index contributed by atoms with van der Waals surface area (Å²) in [5.41, 5.74) is 0.190. The molecule has 2 aromatic rings. The topological polar surface area (TPSA) is 42.9 Å². The van der Waals surface area contributed by atoms with Crippen LogP contribution in [0.1, 0.15) is 21.9 Å². The van der Waals surface area contributed by atoms with Crippen LogP contribution < -0.4 is 0 Å². The van der Waals surface area contributed by atoms with Crippen LogP contribution in [0, 0.1) is 5.82 Å². The maximum atomic E-state index is 13.1. The normalized spacial score (nSPS) is 13.4. The third kappa shape index (κ3) is 1.69. The molecule has 0 aliphatic heterocycles. The monoisotopic (exact) mass is 268 g/mol. The third-order valence-electron chi connectivity index (χ3n) is 2.77. The van der Waals surface area contributed by atoms with Gasteiger partial charge in [-0.1, -0.05) is 6.07 Å². The van der Waals surface area contributed by atoms with Crippen LogP contribution in [0.2, 0.25) is 0 Å². The summed E-state index contributed by atoms with van der Waals surface area (Å²) in [7, 11) is 0. The highest BCUT2D eigenvalue weighted by Gasteiger charge is 2.38. The van der Waals surface area contributed by atoms with Gasteiger partial charge in [0.1, 0.15) is 11.5 Å². The zero-order valence-electron chi connectivity index (χ0n) is 9.12. The van der Waals surface area contributed by atoms with Crippen LogP contribution in [0.3, 0.4) is 0 Å². The first-order valence-corrected chi connectivity index (χ1v) is 5.17. The van der Waals surface area contributed by atoms with E-state index in [0.717, 1.165) is 18.3 Å². The number of benzene rings is 1. The Morgan fingerprint density at radius 1 is 1.05 bits per heavy atom. The third-order valence-corrected chi connectivity index (χ3v) is 2.77. The lowest BCUT2D eigenvalue weighted by atomic mass is 10.1. The van der Waals surface area contributed by atoms with E-state index in [0.29, 0.717) is 5.56 Å². The summed E-state index contributed by atoms with van der Waals surface area (Å²) >= 11 is 0. The standard InChI is InChI=1S/C12H4F4N2O/c13-5-1-2-6-7(3-5)10(19)9-8(6)4-17-11(18-9)12(14,15)16/h1-4H. The maximum Gasteiger partial charge on any atom is 0.451 e. The van der Waals surface area contributed by atoms with Crippen molar-refractivity contribution in [2.24, 2.45) is 0 Å². The van der Waals surface area contributed by atoms with Gasteiger partial charge in [0, 0.05) is 17.3 Å². The van der Waals surface area contributed by atoms with Crippen molar-refractivity contribution < 1.29 is 22.4 Å². The second-order valence-corrected chi connectivity index (χ2v) is 3.97. The predicted octanol–water partition coefficient (Wildman–Crippen LogP) is 2.85. The SMILES string of the molecule is O=C1c2cc(F)ccc2-c2cnc(C(F)(F)F)nc21. The molecule has 0 radical (unpaired) electrons. The fraction of sp³-hybridized carbons (Fsp3) is 0.0833. The van der Waals surface area contributed by atoms with E-state index in [1.54, 1.807) is 0 Å². The van der Waals surface area contributed by atoms with Gasteiger partial charge in [0.05, 0.1) is 0 Å². The molecule has 0 saturated carbocycles. The van der Waals surface area contributed by atoms with Crippen molar-refractivity contribution >= 4 is 5.78 Å². The van der Waals surface area contributed by atoms with Gasteiger partial charge in [0.15, 0.2) is 0 Å². The molecule has 0 N–H and O–H groups in total. The van der Waals surface area contributed by atoms with Gasteiger partial charge >= 0.3 is 6.18 Å². The number of hydrogen-bond acceptors (Lipinski definition) is 3. The molecule has 1 aliphatic rings. The number of hydrogen-bond donors (Lipinski definition) is 0. The first-order chi connectivity index (χ1) is 8.88. The Morgan fingerprint density at radius 2 is 1.79 bits per heavy atom. The van der Waals surface area contributed by atoms with Crippen molar-refractivity contribution in [1.29, 1.82) is 0 Å². The number of aromatic nitrogens is 2. The first-order valence-electron chi connectivity index (χ1n) is 5.17. The van der Waals surface area contributed by atoms with E-state index in [2.05, 4.69) is 9.97 Å². The number of nitrogens with zero attached hydrogens (tertiary/aromatic N) is 2. The number of fused-ring (bicyclic) bond motifs is 3. The van der Waals surface area contributed by atoms with E-state index >= 15 is 0 Å². The summed E-state index contributed by atoms with van der Waals surface area (Å²) in [6.07, 6.45) is -3.79. The molecule has 0 amide bonds. The average Bonchev–Trinajstić information content (AvgIpc) is 2.62. The Bertz CT molecular complexity index is 709. The first kappa shape index (κ1) is 11.8. The van der Waals surface area contributed by atoms with Gasteiger partial charge in [-0.2, -0.15) is 13.2 Å². The predicted molar refractivity (Wildman–Crippen MR) is 55.9 cm³/mol. The second-order valence-electron chi connectivity index (χ2n) is 3.97. The Balaban J connectivity index is 2.22. The Kier molecular flexibility index (Phi) is 2.23. The minimum absolute atomic E-state index is 0.00336. The van der Waals surface area contributed by atoms with Gasteiger partial charge in [-0.05, 0) is 17.7 Å². The summed E-state index contributed by atoms with van der Waals surface area (Å²) < 4.78 is 50.5. The van der Waals surface area contributed by atoms with E-state index in [1.807, 2.05) is 0 Å². The molecule has 1 aromatic heterocycles. The molecule has 0 spiro atoms. The fourth-order valence-electron chi connectivity index (χ4n) is 1.96. The van der Waals surface area contributed by atoms with Crippen LogP contribution in [-0.2, 0) is 6.18 Å². The highest BCUT2D eigenvalue weighted by molar-refractivity contribution is 6.20. The van der Waals surface area contributed by atoms with E-state index in [1.165, 1.54) is 6.07 Å². The maximum absolute atomic E-state index is 13.1. The molecule has 3 rings (SSSR count). The van der Waals surface area contributed by atoms with E-state index in [9.17, 15) is 22.4 Å². The molecule has 1 aromatic carbocycles. The summed E-state index contributed by atoms with van der Waals surface area (Å²) in [6.45, 7) is 0. The average molecular weight is 268 g/mol. The van der Waals surface area contributed by atoms with E-state index in [4.69, 9.17) is 0 Å². The lowest BCUT2D eigenvalue weighted by Gasteiger charge is -2.05. The summed E-state index contributed by atoms with van der Waals surface area (Å²) in [5.74, 6) is -2.74. The molecule has 0 unspecified atom stereocenters. The zero-order chi connectivity index (χ0) is 13.8. The summed E-state index contributed by atoms with van der Waals surface area (Å²) in [6, 6.07) is 3.43. The molecule has 0 fully saturated rings. The molecule has 19 heavy (non-hydrogen) atoms. The molecular formula is C12H4F4N2O. The number of alkyl halides is 3. The van der Waals surface area contributed by atoms with Gasteiger partial charge < -0.3 is 0 Å². The van der Waals surface area contributed by atoms with Crippen LogP contribution in [-0.4, -0.2) is 15.8 Å². The smallest absolute Gasteiger partial charge is 0.287 e. The Hall–Kier alpha value is -2.31. The van der Waals surface area contributed by atoms with Crippen LogP contribution >= 0.6 is 0 Å². The molecule has 0 bridgehead atoms. The molecule has 1 heterocycles. The van der Waals surface area contributed by atoms with Gasteiger partial charge in [-0.3, -0.25) is 4.79 Å². The van der Waals surface area contributed by atoms with Gasteiger partial charge in [0.2, 0.25) is 11.6 Å². The van der Waals surface area contributed by atoms with Crippen molar-refractivity contribution in [2.45, 2.75) is 6.18 Å². The minimum Gasteiger partial charge on any atom is -0.287 e. The molecule has 0 saturated heterocycles. The lowest BCUT2D eigenvalue weighted by Crippen LogP contribution is -2.13. The lowest BCUT2D eigenvalue weighted by molar-refractivity contribution is -0.145. The number of rotatable bonds is 0. The van der Waals surface area contributed by atoms with Crippen LogP contribution in [0.15, 0.2) is 24.4 Å². The highest BCUT2D eigenvalue weighted by atomic mass is 19.4. The molecule has 7 heteroatoms. The van der Waals surface area contributed by atoms with E-state index in [-0.39, 0.29) is 16.8 Å². The van der Waals surface area contributed by atoms with Crippen molar-refractivity contribution in [2.75, 3.05) is 0 Å². The molecule has 1 aliphatic carbocycles. The van der Waals surface area contributed by atoms with Crippen LogP contribution in [0.25, 0.3) is 11.1 Å². The Labute approximate surface area is 103 Å². The van der Waals surface area contributed by atoms with Crippen molar-refractivity contribution in [3.63, 3.8) is 0 Å². The second kappa shape index (κ2) is 3.59. The summed E-state index contributed by atoms with van der Waals surface area (Å²) in [4.78, 5) is 18.3. The molecule has 96 valence electrons. The largest absolute Gasteiger partial charge is 0.451 e. The molecular weight excluding hydrogens is 264 g/mol. The highest BCUT2D eigenvalue weighted by Crippen LogP contribution is 2.37. The van der Waals surface area contributed by atoms with Crippen molar-refractivity contribution in [3.8, 4) is 11.1 Å². The van der Waals surface area contributed by atoms with Crippen molar-refractivity contribution in [3.05, 3.63) is 47.3 Å². The van der Waals surface area contributed by atoms with Crippen molar-refractivity contribution in [1.82, 2.24) is 9.97 Å². The van der Waals surface area contributed by atoms with Gasteiger partial charge in [0.25, 0.3) is 0 Å². The number of carbonyl (C=O) groups excluding carboxylic acids is 1. The molecule has 0 atom stereocenters. The summed E-state index contributed by atoms with van der Waals surface area (Å²) in [5, 5.41) is 0. The zero-order valence-corrected chi connectivity index (χ0v) is 9.12. The van der Waals surface area contributed by atoms with E-state index < -0.39 is 23.6 Å². The Morgan fingerprint density at radius 3 is 2.47 bits per heavy atom. The quantitative estimate of drug-likeness (QED) is 0.589. The number of carbonyl (C=O) groups is 1. The number of ketones is 1. The van der Waals surface area contributed by atoms with Gasteiger partial charge in [-0.25, -0.2) is 14.4 Å². The van der Waals surface area contributed by atoms with Crippen LogP contribution in [0.4, 0.5) is 17.6 Å². The molecule has 3 nitrogen and oxygen atoms in total.